The van der Waals surface area contributed by atoms with E-state index in [9.17, 15) is 4.39 Å². The summed E-state index contributed by atoms with van der Waals surface area (Å²) in [5.74, 6) is 1.07. The maximum atomic E-state index is 13.6. The molecule has 3 rings (SSSR count). The smallest absolute Gasteiger partial charge is 0.125 e. The molecule has 1 aromatic carbocycles. The standard InChI is InChI=1S/C16H18FN3/c1-5-9(2)16-19-11(4)15-10(3)18-13-7-6-12(17)8-14(13)20(15)16/h6-9H,5H2,1-4H3. The average molecular weight is 271 g/mol. The molecular weight excluding hydrogens is 253 g/mol. The van der Waals surface area contributed by atoms with Crippen LogP contribution in [-0.4, -0.2) is 14.4 Å². The van der Waals surface area contributed by atoms with Crippen molar-refractivity contribution in [1.82, 2.24) is 14.4 Å². The lowest BCUT2D eigenvalue weighted by Gasteiger charge is -2.11. The fourth-order valence-electron chi connectivity index (χ4n) is 2.74. The number of halogens is 1. The minimum absolute atomic E-state index is 0.245. The van der Waals surface area contributed by atoms with Gasteiger partial charge < -0.3 is 0 Å². The Labute approximate surface area is 117 Å². The van der Waals surface area contributed by atoms with Gasteiger partial charge >= 0.3 is 0 Å². The predicted molar refractivity (Wildman–Crippen MR) is 78.6 cm³/mol. The van der Waals surface area contributed by atoms with E-state index in [4.69, 9.17) is 4.98 Å². The number of benzene rings is 1. The molecule has 104 valence electrons. The van der Waals surface area contributed by atoms with Crippen molar-refractivity contribution in [3.05, 3.63) is 41.2 Å². The van der Waals surface area contributed by atoms with Crippen molar-refractivity contribution in [2.24, 2.45) is 0 Å². The molecule has 0 aliphatic carbocycles. The van der Waals surface area contributed by atoms with Crippen molar-refractivity contribution in [3.8, 4) is 0 Å². The zero-order valence-corrected chi connectivity index (χ0v) is 12.2. The van der Waals surface area contributed by atoms with Crippen molar-refractivity contribution in [2.45, 2.75) is 40.0 Å². The summed E-state index contributed by atoms with van der Waals surface area (Å²) < 4.78 is 15.7. The molecule has 0 aliphatic rings. The minimum Gasteiger partial charge on any atom is -0.292 e. The van der Waals surface area contributed by atoms with E-state index in [0.29, 0.717) is 5.92 Å². The molecular formula is C16H18FN3. The molecule has 1 unspecified atom stereocenters. The van der Waals surface area contributed by atoms with Crippen LogP contribution < -0.4 is 0 Å². The molecule has 0 bridgehead atoms. The van der Waals surface area contributed by atoms with Crippen LogP contribution in [0.25, 0.3) is 16.6 Å². The summed E-state index contributed by atoms with van der Waals surface area (Å²) in [6.45, 7) is 8.25. The summed E-state index contributed by atoms with van der Waals surface area (Å²) in [6, 6.07) is 4.72. The Hall–Kier alpha value is -1.97. The predicted octanol–water partition coefficient (Wildman–Crippen LogP) is 4.15. The van der Waals surface area contributed by atoms with Gasteiger partial charge in [0.1, 0.15) is 11.6 Å². The highest BCUT2D eigenvalue weighted by molar-refractivity contribution is 5.80. The second-order valence-corrected chi connectivity index (χ2v) is 5.38. The Morgan fingerprint density at radius 1 is 1.20 bits per heavy atom. The molecule has 0 aliphatic heterocycles. The minimum atomic E-state index is -0.245. The number of imidazole rings is 1. The molecule has 0 N–H and O–H groups in total. The molecule has 0 spiro atoms. The zero-order chi connectivity index (χ0) is 14.4. The second-order valence-electron chi connectivity index (χ2n) is 5.38. The monoisotopic (exact) mass is 271 g/mol. The van der Waals surface area contributed by atoms with Gasteiger partial charge in [0.15, 0.2) is 0 Å². The SMILES string of the molecule is CCC(C)c1nc(C)c2c(C)nc3ccc(F)cc3n12. The van der Waals surface area contributed by atoms with Gasteiger partial charge in [-0.1, -0.05) is 13.8 Å². The van der Waals surface area contributed by atoms with Gasteiger partial charge in [-0.25, -0.2) is 14.4 Å². The third-order valence-electron chi connectivity index (χ3n) is 3.94. The summed E-state index contributed by atoms with van der Waals surface area (Å²) in [5.41, 5.74) is 4.48. The summed E-state index contributed by atoms with van der Waals surface area (Å²) in [4.78, 5) is 9.28. The van der Waals surface area contributed by atoms with E-state index in [1.54, 1.807) is 12.1 Å². The number of rotatable bonds is 2. The topological polar surface area (TPSA) is 30.2 Å². The highest BCUT2D eigenvalue weighted by Gasteiger charge is 2.18. The van der Waals surface area contributed by atoms with Gasteiger partial charge in [-0.2, -0.15) is 0 Å². The maximum absolute atomic E-state index is 13.6. The summed E-state index contributed by atoms with van der Waals surface area (Å²) in [7, 11) is 0. The quantitative estimate of drug-likeness (QED) is 0.700. The molecule has 3 aromatic rings. The third kappa shape index (κ3) is 1.79. The molecule has 2 aromatic heterocycles. The summed E-state index contributed by atoms with van der Waals surface area (Å²) in [6.07, 6.45) is 0.997. The number of aryl methyl sites for hydroxylation is 2. The van der Waals surface area contributed by atoms with E-state index in [2.05, 4.69) is 23.2 Å². The van der Waals surface area contributed by atoms with E-state index < -0.39 is 0 Å². The van der Waals surface area contributed by atoms with Crippen molar-refractivity contribution >= 4 is 16.6 Å². The Kier molecular flexibility index (Phi) is 2.96. The Morgan fingerprint density at radius 3 is 2.60 bits per heavy atom. The highest BCUT2D eigenvalue weighted by Crippen LogP contribution is 2.27. The average Bonchev–Trinajstić information content (AvgIpc) is 2.77. The highest BCUT2D eigenvalue weighted by atomic mass is 19.1. The zero-order valence-electron chi connectivity index (χ0n) is 12.2. The molecule has 1 atom stereocenters. The third-order valence-corrected chi connectivity index (χ3v) is 3.94. The Bertz CT molecular complexity index is 804. The van der Waals surface area contributed by atoms with Crippen LogP contribution in [0.15, 0.2) is 18.2 Å². The first-order valence-corrected chi connectivity index (χ1v) is 6.97. The lowest BCUT2D eigenvalue weighted by atomic mass is 10.1. The normalized spacial score (nSPS) is 13.2. The maximum Gasteiger partial charge on any atom is 0.125 e. The molecule has 0 amide bonds. The van der Waals surface area contributed by atoms with Gasteiger partial charge in [0, 0.05) is 12.0 Å². The van der Waals surface area contributed by atoms with E-state index in [-0.39, 0.29) is 5.82 Å². The van der Waals surface area contributed by atoms with E-state index in [1.165, 1.54) is 6.07 Å². The van der Waals surface area contributed by atoms with Crippen molar-refractivity contribution < 1.29 is 4.39 Å². The number of fused-ring (bicyclic) bond motifs is 3. The molecule has 3 nitrogen and oxygen atoms in total. The second kappa shape index (κ2) is 4.54. The first-order chi connectivity index (χ1) is 9.52. The van der Waals surface area contributed by atoms with Crippen LogP contribution in [0, 0.1) is 19.7 Å². The van der Waals surface area contributed by atoms with Crippen molar-refractivity contribution in [3.63, 3.8) is 0 Å². The first kappa shape index (κ1) is 13.0. The Balaban J connectivity index is 2.53. The Morgan fingerprint density at radius 2 is 1.90 bits per heavy atom. The van der Waals surface area contributed by atoms with Crippen LogP contribution in [-0.2, 0) is 0 Å². The molecule has 2 heterocycles. The number of aromatic nitrogens is 3. The fraction of sp³-hybridized carbons (Fsp3) is 0.375. The molecule has 0 radical (unpaired) electrons. The van der Waals surface area contributed by atoms with Crippen molar-refractivity contribution in [1.29, 1.82) is 0 Å². The van der Waals surface area contributed by atoms with E-state index >= 15 is 0 Å². The molecule has 0 fully saturated rings. The van der Waals surface area contributed by atoms with Gasteiger partial charge in [-0.3, -0.25) is 4.40 Å². The number of nitrogens with zero attached hydrogens (tertiary/aromatic N) is 3. The van der Waals surface area contributed by atoms with E-state index in [1.807, 2.05) is 13.8 Å². The van der Waals surface area contributed by atoms with Crippen LogP contribution in [0.1, 0.15) is 43.4 Å². The number of hydrogen-bond acceptors (Lipinski definition) is 2. The lowest BCUT2D eigenvalue weighted by Crippen LogP contribution is -2.03. The molecule has 4 heteroatoms. The molecule has 0 saturated heterocycles. The van der Waals surface area contributed by atoms with Gasteiger partial charge in [-0.15, -0.1) is 0 Å². The largest absolute Gasteiger partial charge is 0.292 e. The first-order valence-electron chi connectivity index (χ1n) is 6.97. The fourth-order valence-corrected chi connectivity index (χ4v) is 2.74. The van der Waals surface area contributed by atoms with Gasteiger partial charge in [-0.05, 0) is 32.4 Å². The lowest BCUT2D eigenvalue weighted by molar-refractivity contribution is 0.628. The van der Waals surface area contributed by atoms with Gasteiger partial charge in [0.05, 0.1) is 27.9 Å². The van der Waals surface area contributed by atoms with Crippen LogP contribution in [0.5, 0.6) is 0 Å². The molecule has 0 saturated carbocycles. The molecule has 20 heavy (non-hydrogen) atoms. The van der Waals surface area contributed by atoms with Crippen molar-refractivity contribution in [2.75, 3.05) is 0 Å². The van der Waals surface area contributed by atoms with Gasteiger partial charge in [0.2, 0.25) is 0 Å². The van der Waals surface area contributed by atoms with Crippen LogP contribution >= 0.6 is 0 Å². The van der Waals surface area contributed by atoms with Crippen LogP contribution in [0.4, 0.5) is 4.39 Å². The summed E-state index contributed by atoms with van der Waals surface area (Å²) >= 11 is 0. The van der Waals surface area contributed by atoms with E-state index in [0.717, 1.165) is 40.2 Å². The van der Waals surface area contributed by atoms with Crippen LogP contribution in [0.3, 0.4) is 0 Å². The number of hydrogen-bond donors (Lipinski definition) is 0. The van der Waals surface area contributed by atoms with Crippen LogP contribution in [0.2, 0.25) is 0 Å². The van der Waals surface area contributed by atoms with Gasteiger partial charge in [0.25, 0.3) is 0 Å². The summed E-state index contributed by atoms with van der Waals surface area (Å²) in [5, 5.41) is 0.